The number of nitrogens with zero attached hydrogens (tertiary/aromatic N) is 1. The van der Waals surface area contributed by atoms with Crippen molar-refractivity contribution >= 4 is 16.8 Å². The lowest BCUT2D eigenvalue weighted by Crippen LogP contribution is -2.24. The number of carbonyl (C=O) groups excluding carboxylic acids is 1. The maximum Gasteiger partial charge on any atom is 0.252 e. The Balaban J connectivity index is 2.09. The largest absolute Gasteiger partial charge is 0.352 e. The lowest BCUT2D eigenvalue weighted by Gasteiger charge is -2.11. The normalized spacial score (nSPS) is 10.8. The monoisotopic (exact) mass is 336 g/mol. The van der Waals surface area contributed by atoms with Crippen LogP contribution in [0, 0.1) is 12.7 Å². The predicted octanol–water partition coefficient (Wildman–Crippen LogP) is 4.88. The number of pyridine rings is 1. The first-order chi connectivity index (χ1) is 12.1. The Morgan fingerprint density at radius 2 is 1.88 bits per heavy atom. The molecule has 3 rings (SSSR count). The molecule has 2 aromatic carbocycles. The lowest BCUT2D eigenvalue weighted by atomic mass is 10.0. The molecule has 0 aliphatic heterocycles. The van der Waals surface area contributed by atoms with E-state index < -0.39 is 0 Å². The van der Waals surface area contributed by atoms with Gasteiger partial charge in [-0.3, -0.25) is 4.79 Å². The number of aromatic nitrogens is 1. The van der Waals surface area contributed by atoms with Crippen LogP contribution in [-0.4, -0.2) is 17.4 Å². The zero-order valence-corrected chi connectivity index (χ0v) is 14.5. The Morgan fingerprint density at radius 3 is 2.60 bits per heavy atom. The van der Waals surface area contributed by atoms with Crippen molar-refractivity contribution in [1.82, 2.24) is 10.3 Å². The molecule has 0 spiro atoms. The number of fused-ring (bicyclic) bond motifs is 1. The molecule has 128 valence electrons. The number of halogens is 1. The molecule has 3 aromatic rings. The van der Waals surface area contributed by atoms with Crippen LogP contribution in [0.1, 0.15) is 35.7 Å². The van der Waals surface area contributed by atoms with Gasteiger partial charge in [0.1, 0.15) is 5.82 Å². The van der Waals surface area contributed by atoms with Crippen LogP contribution in [0.3, 0.4) is 0 Å². The average molecular weight is 336 g/mol. The fraction of sp³-hybridized carbons (Fsp3) is 0.238. The minimum Gasteiger partial charge on any atom is -0.352 e. The number of benzene rings is 2. The van der Waals surface area contributed by atoms with Crippen LogP contribution in [0.2, 0.25) is 0 Å². The standard InChI is InChI=1S/C21H21FN2O/c1-3-4-11-23-21(25)18-13-20(15-6-8-16(22)9-7-15)24-19-10-5-14(2)12-17(18)19/h5-10,12-13H,3-4,11H2,1-2H3,(H,23,25). The number of unbranched alkanes of at least 4 members (excludes halogenated alkanes) is 1. The van der Waals surface area contributed by atoms with Crippen LogP contribution in [-0.2, 0) is 0 Å². The van der Waals surface area contributed by atoms with Crippen molar-refractivity contribution in [2.24, 2.45) is 0 Å². The maximum atomic E-state index is 13.2. The highest BCUT2D eigenvalue weighted by molar-refractivity contribution is 6.07. The quantitative estimate of drug-likeness (QED) is 0.675. The maximum absolute atomic E-state index is 13.2. The molecule has 25 heavy (non-hydrogen) atoms. The van der Waals surface area contributed by atoms with Crippen LogP contribution in [0.15, 0.2) is 48.5 Å². The zero-order chi connectivity index (χ0) is 17.8. The third-order valence-corrected chi connectivity index (χ3v) is 4.16. The smallest absolute Gasteiger partial charge is 0.252 e. The van der Waals surface area contributed by atoms with Gasteiger partial charge in [-0.1, -0.05) is 25.0 Å². The number of rotatable bonds is 5. The summed E-state index contributed by atoms with van der Waals surface area (Å²) in [6.45, 7) is 4.73. The SMILES string of the molecule is CCCCNC(=O)c1cc(-c2ccc(F)cc2)nc2ccc(C)cc12. The predicted molar refractivity (Wildman–Crippen MR) is 99.1 cm³/mol. The molecule has 1 aromatic heterocycles. The summed E-state index contributed by atoms with van der Waals surface area (Å²) in [6, 6.07) is 13.8. The molecule has 0 fully saturated rings. The average Bonchev–Trinajstić information content (AvgIpc) is 2.61. The molecule has 0 atom stereocenters. The van der Waals surface area contributed by atoms with Crippen molar-refractivity contribution in [3.8, 4) is 11.3 Å². The Hall–Kier alpha value is -2.75. The van der Waals surface area contributed by atoms with Crippen LogP contribution in [0.25, 0.3) is 22.2 Å². The molecule has 0 aliphatic rings. The summed E-state index contributed by atoms with van der Waals surface area (Å²) in [5, 5.41) is 3.81. The molecule has 0 saturated carbocycles. The van der Waals surface area contributed by atoms with E-state index in [1.165, 1.54) is 12.1 Å². The van der Waals surface area contributed by atoms with Crippen molar-refractivity contribution in [2.45, 2.75) is 26.7 Å². The van der Waals surface area contributed by atoms with Gasteiger partial charge in [0.25, 0.3) is 5.91 Å². The lowest BCUT2D eigenvalue weighted by molar-refractivity contribution is 0.0955. The van der Waals surface area contributed by atoms with Gasteiger partial charge in [0.2, 0.25) is 0 Å². The molecule has 0 bridgehead atoms. The molecule has 0 unspecified atom stereocenters. The minimum absolute atomic E-state index is 0.102. The number of hydrogen-bond acceptors (Lipinski definition) is 2. The van der Waals surface area contributed by atoms with Crippen LogP contribution < -0.4 is 5.32 Å². The molecule has 1 amide bonds. The number of amides is 1. The minimum atomic E-state index is -0.294. The van der Waals surface area contributed by atoms with Crippen molar-refractivity contribution in [2.75, 3.05) is 6.54 Å². The second-order valence-corrected chi connectivity index (χ2v) is 6.19. The molecule has 3 nitrogen and oxygen atoms in total. The fourth-order valence-electron chi connectivity index (χ4n) is 2.77. The summed E-state index contributed by atoms with van der Waals surface area (Å²) in [5.74, 6) is -0.396. The molecule has 0 aliphatic carbocycles. The fourth-order valence-corrected chi connectivity index (χ4v) is 2.77. The Kier molecular flexibility index (Phi) is 5.08. The van der Waals surface area contributed by atoms with Gasteiger partial charge in [-0.25, -0.2) is 9.37 Å². The van der Waals surface area contributed by atoms with Gasteiger partial charge in [0.05, 0.1) is 16.8 Å². The number of hydrogen-bond donors (Lipinski definition) is 1. The first kappa shape index (κ1) is 17.1. The van der Waals surface area contributed by atoms with Crippen molar-refractivity contribution in [3.63, 3.8) is 0 Å². The highest BCUT2D eigenvalue weighted by atomic mass is 19.1. The van der Waals surface area contributed by atoms with E-state index in [1.807, 2.05) is 25.1 Å². The second-order valence-electron chi connectivity index (χ2n) is 6.19. The molecule has 1 N–H and O–H groups in total. The third-order valence-electron chi connectivity index (χ3n) is 4.16. The number of nitrogens with one attached hydrogen (secondary N) is 1. The molecule has 1 heterocycles. The van der Waals surface area contributed by atoms with E-state index in [1.54, 1.807) is 18.2 Å². The highest BCUT2D eigenvalue weighted by Crippen LogP contribution is 2.26. The van der Waals surface area contributed by atoms with E-state index in [0.717, 1.165) is 34.9 Å². The summed E-state index contributed by atoms with van der Waals surface area (Å²) in [6.07, 6.45) is 1.97. The van der Waals surface area contributed by atoms with Gasteiger partial charge in [-0.15, -0.1) is 0 Å². The molecular formula is C21H21FN2O. The Labute approximate surface area is 146 Å². The van der Waals surface area contributed by atoms with Crippen molar-refractivity contribution < 1.29 is 9.18 Å². The third kappa shape index (κ3) is 3.85. The Morgan fingerprint density at radius 1 is 1.12 bits per heavy atom. The van der Waals surface area contributed by atoms with Gasteiger partial charge in [0.15, 0.2) is 0 Å². The van der Waals surface area contributed by atoms with E-state index >= 15 is 0 Å². The first-order valence-corrected chi connectivity index (χ1v) is 8.54. The van der Waals surface area contributed by atoms with Gasteiger partial charge in [0, 0.05) is 17.5 Å². The number of carbonyl (C=O) groups is 1. The van der Waals surface area contributed by atoms with Gasteiger partial charge >= 0.3 is 0 Å². The van der Waals surface area contributed by atoms with Crippen molar-refractivity contribution in [1.29, 1.82) is 0 Å². The van der Waals surface area contributed by atoms with E-state index in [-0.39, 0.29) is 11.7 Å². The molecule has 4 heteroatoms. The van der Waals surface area contributed by atoms with Crippen LogP contribution in [0.5, 0.6) is 0 Å². The number of aryl methyl sites for hydroxylation is 1. The molecule has 0 radical (unpaired) electrons. The topological polar surface area (TPSA) is 42.0 Å². The first-order valence-electron chi connectivity index (χ1n) is 8.54. The van der Waals surface area contributed by atoms with E-state index in [0.29, 0.717) is 17.8 Å². The Bertz CT molecular complexity index is 904. The van der Waals surface area contributed by atoms with Crippen LogP contribution >= 0.6 is 0 Å². The van der Waals surface area contributed by atoms with Crippen LogP contribution in [0.4, 0.5) is 4.39 Å². The van der Waals surface area contributed by atoms with E-state index in [9.17, 15) is 9.18 Å². The highest BCUT2D eigenvalue weighted by Gasteiger charge is 2.14. The summed E-state index contributed by atoms with van der Waals surface area (Å²) >= 11 is 0. The van der Waals surface area contributed by atoms with Gasteiger partial charge < -0.3 is 5.32 Å². The van der Waals surface area contributed by atoms with Gasteiger partial charge in [-0.2, -0.15) is 0 Å². The molecule has 0 saturated heterocycles. The summed E-state index contributed by atoms with van der Waals surface area (Å²) in [5.41, 5.74) is 3.88. The second kappa shape index (κ2) is 7.43. The summed E-state index contributed by atoms with van der Waals surface area (Å²) in [4.78, 5) is 17.3. The summed E-state index contributed by atoms with van der Waals surface area (Å²) in [7, 11) is 0. The summed E-state index contributed by atoms with van der Waals surface area (Å²) < 4.78 is 13.2. The van der Waals surface area contributed by atoms with Gasteiger partial charge in [-0.05, 0) is 55.8 Å². The molecular weight excluding hydrogens is 315 g/mol. The van der Waals surface area contributed by atoms with E-state index in [2.05, 4.69) is 17.2 Å². The van der Waals surface area contributed by atoms with E-state index in [4.69, 9.17) is 0 Å². The van der Waals surface area contributed by atoms with Crippen molar-refractivity contribution in [3.05, 3.63) is 65.5 Å². The zero-order valence-electron chi connectivity index (χ0n) is 14.5.